The van der Waals surface area contributed by atoms with E-state index in [9.17, 15) is 18.0 Å². The summed E-state index contributed by atoms with van der Waals surface area (Å²) < 4.78 is 41.1. The van der Waals surface area contributed by atoms with Crippen molar-refractivity contribution in [1.29, 1.82) is 0 Å². The van der Waals surface area contributed by atoms with Gasteiger partial charge < -0.3 is 14.4 Å². The highest BCUT2D eigenvalue weighted by atomic mass is 19.4. The summed E-state index contributed by atoms with van der Waals surface area (Å²) in [5, 5.41) is 0. The number of alkyl halides is 3. The van der Waals surface area contributed by atoms with Gasteiger partial charge >= 0.3 is 6.18 Å². The highest BCUT2D eigenvalue weighted by Gasteiger charge is 2.38. The van der Waals surface area contributed by atoms with Crippen molar-refractivity contribution in [2.75, 3.05) is 31.1 Å². The average molecular weight is 390 g/mol. The number of rotatable bonds is 3. The third-order valence-electron chi connectivity index (χ3n) is 4.71. The first-order valence-electron chi connectivity index (χ1n) is 8.74. The molecule has 1 fully saturated rings. The van der Waals surface area contributed by atoms with E-state index in [2.05, 4.69) is 15.0 Å². The molecule has 1 saturated heterocycles. The van der Waals surface area contributed by atoms with Gasteiger partial charge in [-0.25, -0.2) is 9.97 Å². The molecule has 0 saturated carbocycles. The van der Waals surface area contributed by atoms with E-state index in [1.165, 1.54) is 12.1 Å². The number of fused-ring (bicyclic) bond motifs is 1. The first kappa shape index (κ1) is 18.2. The lowest BCUT2D eigenvalue weighted by Crippen LogP contribution is -2.50. The fourth-order valence-electron chi connectivity index (χ4n) is 3.33. The van der Waals surface area contributed by atoms with Gasteiger partial charge in [-0.05, 0) is 12.1 Å². The molecular weight excluding hydrogens is 373 g/mol. The van der Waals surface area contributed by atoms with E-state index in [0.29, 0.717) is 31.7 Å². The number of halogens is 3. The molecule has 7 nitrogen and oxygen atoms in total. The molecule has 4 rings (SSSR count). The van der Waals surface area contributed by atoms with E-state index in [1.54, 1.807) is 35.6 Å². The minimum atomic E-state index is -4.63. The molecule has 1 aliphatic rings. The van der Waals surface area contributed by atoms with Crippen LogP contribution >= 0.6 is 0 Å². The van der Waals surface area contributed by atoms with Crippen LogP contribution in [0.3, 0.4) is 0 Å². The lowest BCUT2D eigenvalue weighted by atomic mass is 10.3. The van der Waals surface area contributed by atoms with E-state index in [1.807, 2.05) is 4.90 Å². The molecule has 146 valence electrons. The van der Waals surface area contributed by atoms with Crippen LogP contribution in [-0.2, 0) is 17.5 Å². The zero-order valence-corrected chi connectivity index (χ0v) is 14.8. The van der Waals surface area contributed by atoms with Crippen molar-refractivity contribution in [3.8, 4) is 0 Å². The third-order valence-corrected chi connectivity index (χ3v) is 4.71. The van der Waals surface area contributed by atoms with Crippen LogP contribution in [0.5, 0.6) is 0 Å². The Bertz CT molecular complexity index is 980. The van der Waals surface area contributed by atoms with Crippen molar-refractivity contribution in [3.63, 3.8) is 0 Å². The molecule has 1 amide bonds. The van der Waals surface area contributed by atoms with Crippen LogP contribution < -0.4 is 4.90 Å². The molecule has 0 atom stereocenters. The number of amides is 1. The van der Waals surface area contributed by atoms with Gasteiger partial charge in [0.25, 0.3) is 0 Å². The summed E-state index contributed by atoms with van der Waals surface area (Å²) in [4.78, 5) is 28.2. The van der Waals surface area contributed by atoms with Gasteiger partial charge in [-0.15, -0.1) is 0 Å². The molecule has 0 N–H and O–H groups in total. The molecule has 0 radical (unpaired) electrons. The standard InChI is InChI=1S/C18H17F3N6O/c19-18(20,21)17-24-13-3-1-2-4-14(13)27(17)12-16(28)26-9-7-25(8-10-26)15-11-22-5-6-23-15/h1-6,11H,7-10,12H2. The van der Waals surface area contributed by atoms with E-state index < -0.39 is 18.5 Å². The summed E-state index contributed by atoms with van der Waals surface area (Å²) in [5.74, 6) is -0.706. The molecule has 2 aromatic heterocycles. The number of aromatic nitrogens is 4. The van der Waals surface area contributed by atoms with Crippen molar-refractivity contribution < 1.29 is 18.0 Å². The lowest BCUT2D eigenvalue weighted by molar-refractivity contribution is -0.148. The van der Waals surface area contributed by atoms with Crippen LogP contribution in [0, 0.1) is 0 Å². The molecule has 0 aliphatic carbocycles. The summed E-state index contributed by atoms with van der Waals surface area (Å²) >= 11 is 0. The highest BCUT2D eigenvalue weighted by molar-refractivity contribution is 5.81. The average Bonchev–Trinajstić information content (AvgIpc) is 3.08. The SMILES string of the molecule is O=C(Cn1c(C(F)(F)F)nc2ccccc21)N1CCN(c2cnccn2)CC1. The maximum Gasteiger partial charge on any atom is 0.449 e. The predicted molar refractivity (Wildman–Crippen MR) is 95.6 cm³/mol. The summed E-state index contributed by atoms with van der Waals surface area (Å²) in [7, 11) is 0. The van der Waals surface area contributed by atoms with E-state index in [-0.39, 0.29) is 11.4 Å². The van der Waals surface area contributed by atoms with E-state index in [0.717, 1.165) is 10.4 Å². The summed E-state index contributed by atoms with van der Waals surface area (Å²) in [6, 6.07) is 6.29. The lowest BCUT2D eigenvalue weighted by Gasteiger charge is -2.35. The zero-order valence-electron chi connectivity index (χ0n) is 14.8. The highest BCUT2D eigenvalue weighted by Crippen LogP contribution is 2.31. The Morgan fingerprint density at radius 1 is 1.07 bits per heavy atom. The van der Waals surface area contributed by atoms with Crippen LogP contribution in [0.1, 0.15) is 5.82 Å². The minimum Gasteiger partial charge on any atom is -0.352 e. The second-order valence-corrected chi connectivity index (χ2v) is 6.44. The number of nitrogens with zero attached hydrogens (tertiary/aromatic N) is 6. The summed E-state index contributed by atoms with van der Waals surface area (Å²) in [6.45, 7) is 1.50. The Labute approximate surface area is 158 Å². The maximum atomic E-state index is 13.4. The smallest absolute Gasteiger partial charge is 0.352 e. The molecule has 0 unspecified atom stereocenters. The van der Waals surface area contributed by atoms with Crippen LogP contribution in [0.2, 0.25) is 0 Å². The summed E-state index contributed by atoms with van der Waals surface area (Å²) in [6.07, 6.45) is 0.182. The minimum absolute atomic E-state index is 0.218. The van der Waals surface area contributed by atoms with Crippen molar-refractivity contribution in [2.45, 2.75) is 12.7 Å². The summed E-state index contributed by atoms with van der Waals surface area (Å²) in [5.41, 5.74) is 0.511. The van der Waals surface area contributed by atoms with Gasteiger partial charge in [0.2, 0.25) is 11.7 Å². The molecule has 0 bridgehead atoms. The van der Waals surface area contributed by atoms with Gasteiger partial charge in [0.05, 0.1) is 17.2 Å². The number of carbonyl (C=O) groups excluding carboxylic acids is 1. The quantitative estimate of drug-likeness (QED) is 0.686. The number of carbonyl (C=O) groups is 1. The van der Waals surface area contributed by atoms with Gasteiger partial charge in [-0.2, -0.15) is 13.2 Å². The Balaban J connectivity index is 1.50. The second kappa shape index (κ2) is 7.10. The van der Waals surface area contributed by atoms with Gasteiger partial charge in [0, 0.05) is 38.6 Å². The fourth-order valence-corrected chi connectivity index (χ4v) is 3.33. The van der Waals surface area contributed by atoms with Crippen molar-refractivity contribution >= 4 is 22.8 Å². The normalized spacial score (nSPS) is 15.2. The molecule has 1 aromatic carbocycles. The largest absolute Gasteiger partial charge is 0.449 e. The molecule has 1 aliphatic heterocycles. The van der Waals surface area contributed by atoms with Crippen LogP contribution in [-0.4, -0.2) is 56.5 Å². The molecule has 3 aromatic rings. The molecule has 3 heterocycles. The van der Waals surface area contributed by atoms with E-state index in [4.69, 9.17) is 0 Å². The zero-order chi connectivity index (χ0) is 19.7. The van der Waals surface area contributed by atoms with Gasteiger partial charge in [-0.1, -0.05) is 12.1 Å². The number of para-hydroxylation sites is 2. The van der Waals surface area contributed by atoms with Crippen molar-refractivity contribution in [3.05, 3.63) is 48.7 Å². The van der Waals surface area contributed by atoms with Crippen LogP contribution in [0.15, 0.2) is 42.9 Å². The number of anilines is 1. The van der Waals surface area contributed by atoms with Gasteiger partial charge in [0.15, 0.2) is 0 Å². The van der Waals surface area contributed by atoms with Crippen LogP contribution in [0.4, 0.5) is 19.0 Å². The second-order valence-electron chi connectivity index (χ2n) is 6.44. The Morgan fingerprint density at radius 2 is 1.82 bits per heavy atom. The Hall–Kier alpha value is -3.17. The fraction of sp³-hybridized carbons (Fsp3) is 0.333. The predicted octanol–water partition coefficient (Wildman–Crippen LogP) is 2.19. The number of benzene rings is 1. The molecular formula is C18H17F3N6O. The molecule has 0 spiro atoms. The maximum absolute atomic E-state index is 13.4. The number of imidazole rings is 1. The number of hydrogen-bond donors (Lipinski definition) is 0. The molecule has 28 heavy (non-hydrogen) atoms. The van der Waals surface area contributed by atoms with Crippen LogP contribution in [0.25, 0.3) is 11.0 Å². The first-order chi connectivity index (χ1) is 13.4. The topological polar surface area (TPSA) is 67.2 Å². The number of piperazine rings is 1. The van der Waals surface area contributed by atoms with Gasteiger partial charge in [-0.3, -0.25) is 9.78 Å². The Kier molecular flexibility index (Phi) is 4.62. The monoisotopic (exact) mass is 390 g/mol. The first-order valence-corrected chi connectivity index (χ1v) is 8.74. The van der Waals surface area contributed by atoms with Crippen molar-refractivity contribution in [1.82, 2.24) is 24.4 Å². The Morgan fingerprint density at radius 3 is 2.50 bits per heavy atom. The van der Waals surface area contributed by atoms with Crippen molar-refractivity contribution in [2.24, 2.45) is 0 Å². The number of hydrogen-bond acceptors (Lipinski definition) is 5. The third kappa shape index (κ3) is 3.49. The molecule has 10 heteroatoms. The van der Waals surface area contributed by atoms with Gasteiger partial charge in [0.1, 0.15) is 12.4 Å². The van der Waals surface area contributed by atoms with E-state index >= 15 is 0 Å².